The number of nitrogens with zero attached hydrogens (tertiary/aromatic N) is 2. The van der Waals surface area contributed by atoms with Crippen LogP contribution in [0.2, 0.25) is 0 Å². The van der Waals surface area contributed by atoms with E-state index in [-0.39, 0.29) is 6.10 Å². The molecule has 0 aliphatic carbocycles. The first kappa shape index (κ1) is 9.74. The summed E-state index contributed by atoms with van der Waals surface area (Å²) in [6, 6.07) is 2.04. The molecule has 0 fully saturated rings. The number of likely N-dealkylation sites (N-methyl/N-ethyl adjacent to an activating group) is 1. The van der Waals surface area contributed by atoms with Gasteiger partial charge in [-0.05, 0) is 13.1 Å². The summed E-state index contributed by atoms with van der Waals surface area (Å²) in [5.41, 5.74) is 2.29. The van der Waals surface area contributed by atoms with Gasteiger partial charge in [0.05, 0.1) is 11.6 Å². The van der Waals surface area contributed by atoms with Gasteiger partial charge in [-0.25, -0.2) is 0 Å². The van der Waals surface area contributed by atoms with Gasteiger partial charge < -0.3 is 10.1 Å². The normalized spacial score (nSPS) is 19.9. The molecule has 2 aromatic heterocycles. The lowest BCUT2D eigenvalue weighted by Crippen LogP contribution is -2.48. The Balaban J connectivity index is 2.16. The molecule has 0 saturated carbocycles. The van der Waals surface area contributed by atoms with Crippen LogP contribution in [0, 0.1) is 0 Å². The maximum Gasteiger partial charge on any atom is 0.245 e. The molecule has 0 aromatic carbocycles. The van der Waals surface area contributed by atoms with Crippen LogP contribution < -0.4 is 10.00 Å². The van der Waals surface area contributed by atoms with E-state index in [0.29, 0.717) is 0 Å². The van der Waals surface area contributed by atoms with E-state index in [2.05, 4.69) is 20.1 Å². The monoisotopic (exact) mass is 219 g/mol. The number of fused-ring (bicyclic) bond motifs is 3. The number of hydrogen-bond acceptors (Lipinski definition) is 3. The molecule has 1 atom stereocenters. The molecule has 5 nitrogen and oxygen atoms in total. The van der Waals surface area contributed by atoms with Gasteiger partial charge in [0, 0.05) is 12.7 Å². The summed E-state index contributed by atoms with van der Waals surface area (Å²) in [4.78, 5) is 4.13. The molecule has 1 aliphatic heterocycles. The first-order chi connectivity index (χ1) is 7.90. The molecule has 2 aromatic rings. The van der Waals surface area contributed by atoms with Gasteiger partial charge in [-0.3, -0.25) is 4.98 Å². The van der Waals surface area contributed by atoms with Crippen molar-refractivity contribution in [1.29, 1.82) is 0 Å². The van der Waals surface area contributed by atoms with Gasteiger partial charge in [0.25, 0.3) is 0 Å². The maximum atomic E-state index is 5.79. The highest BCUT2D eigenvalue weighted by Crippen LogP contribution is 2.24. The fourth-order valence-corrected chi connectivity index (χ4v) is 2.29. The molecule has 0 spiro atoms. The van der Waals surface area contributed by atoms with Crippen LogP contribution in [0.25, 0.3) is 10.9 Å². The van der Waals surface area contributed by atoms with Crippen molar-refractivity contribution in [3.05, 3.63) is 24.2 Å². The zero-order valence-corrected chi connectivity index (χ0v) is 9.23. The Morgan fingerprint density at radius 2 is 2.62 bits per heavy atom. The Hall–Kier alpha value is -1.46. The minimum atomic E-state index is 0.120. The highest BCUT2D eigenvalue weighted by molar-refractivity contribution is 5.79. The highest BCUT2D eigenvalue weighted by Gasteiger charge is 2.32. The zero-order valence-electron chi connectivity index (χ0n) is 9.23. The molecule has 1 unspecified atom stereocenters. The maximum absolute atomic E-state index is 5.79. The highest BCUT2D eigenvalue weighted by atomic mass is 16.5. The van der Waals surface area contributed by atoms with E-state index in [1.54, 1.807) is 0 Å². The second-order valence-corrected chi connectivity index (χ2v) is 3.99. The first-order valence-corrected chi connectivity index (χ1v) is 5.52. The number of aromatic amines is 1. The molecule has 0 radical (unpaired) electrons. The molecule has 0 saturated heterocycles. The molecule has 0 amide bonds. The van der Waals surface area contributed by atoms with E-state index >= 15 is 0 Å². The average Bonchev–Trinajstić information content (AvgIpc) is 2.68. The predicted octanol–water partition coefficient (Wildman–Crippen LogP) is 0.141. The van der Waals surface area contributed by atoms with Crippen molar-refractivity contribution in [2.45, 2.75) is 12.6 Å². The van der Waals surface area contributed by atoms with Crippen LogP contribution >= 0.6 is 0 Å². The smallest absolute Gasteiger partial charge is 0.245 e. The van der Waals surface area contributed by atoms with Crippen LogP contribution in [0.15, 0.2) is 18.5 Å². The van der Waals surface area contributed by atoms with Crippen LogP contribution in [-0.4, -0.2) is 30.3 Å². The van der Waals surface area contributed by atoms with Gasteiger partial charge in [-0.15, -0.1) is 4.68 Å². The quantitative estimate of drug-likeness (QED) is 0.706. The SMILES string of the molecule is CNCC1OCC[n+]2[nH]c3cnccc3c21. The van der Waals surface area contributed by atoms with Crippen molar-refractivity contribution in [2.75, 3.05) is 20.2 Å². The fraction of sp³-hybridized carbons (Fsp3) is 0.455. The molecule has 2 N–H and O–H groups in total. The minimum Gasteiger partial charge on any atom is -0.359 e. The third-order valence-corrected chi connectivity index (χ3v) is 2.97. The number of ether oxygens (including phenoxy) is 1. The molecular formula is C11H15N4O+. The number of aromatic nitrogens is 3. The van der Waals surface area contributed by atoms with Crippen molar-refractivity contribution in [2.24, 2.45) is 0 Å². The van der Waals surface area contributed by atoms with Gasteiger partial charge in [-0.2, -0.15) is 5.10 Å². The number of nitrogens with one attached hydrogen (secondary N) is 2. The van der Waals surface area contributed by atoms with Crippen molar-refractivity contribution in [3.63, 3.8) is 0 Å². The Labute approximate surface area is 93.4 Å². The largest absolute Gasteiger partial charge is 0.359 e. The molecule has 16 heavy (non-hydrogen) atoms. The van der Waals surface area contributed by atoms with Crippen LogP contribution in [0.4, 0.5) is 0 Å². The molecule has 3 rings (SSSR count). The van der Waals surface area contributed by atoms with Crippen LogP contribution in [0.1, 0.15) is 11.8 Å². The summed E-state index contributed by atoms with van der Waals surface area (Å²) in [6.45, 7) is 2.46. The molecule has 84 valence electrons. The third-order valence-electron chi connectivity index (χ3n) is 2.97. The van der Waals surface area contributed by atoms with Crippen LogP contribution in [-0.2, 0) is 11.3 Å². The van der Waals surface area contributed by atoms with Gasteiger partial charge >= 0.3 is 0 Å². The molecule has 5 heteroatoms. The van der Waals surface area contributed by atoms with Crippen molar-refractivity contribution in [1.82, 2.24) is 15.4 Å². The van der Waals surface area contributed by atoms with Crippen molar-refractivity contribution >= 4 is 10.9 Å². The third kappa shape index (κ3) is 1.40. The second kappa shape index (κ2) is 3.84. The summed E-state index contributed by atoms with van der Waals surface area (Å²) < 4.78 is 7.95. The summed E-state index contributed by atoms with van der Waals surface area (Å²) in [6.07, 6.45) is 3.80. The lowest BCUT2D eigenvalue weighted by atomic mass is 10.1. The van der Waals surface area contributed by atoms with E-state index in [1.165, 1.54) is 11.1 Å². The Kier molecular flexibility index (Phi) is 2.34. The van der Waals surface area contributed by atoms with Gasteiger partial charge in [-0.1, -0.05) is 0 Å². The summed E-state index contributed by atoms with van der Waals surface area (Å²) in [5.74, 6) is 0. The molecular weight excluding hydrogens is 204 g/mol. The van der Waals surface area contributed by atoms with Crippen molar-refractivity contribution < 1.29 is 9.42 Å². The Morgan fingerprint density at radius 1 is 1.69 bits per heavy atom. The molecule has 3 heterocycles. The van der Waals surface area contributed by atoms with Crippen LogP contribution in [0.5, 0.6) is 0 Å². The van der Waals surface area contributed by atoms with Gasteiger partial charge in [0.15, 0.2) is 12.6 Å². The van der Waals surface area contributed by atoms with Crippen molar-refractivity contribution in [3.8, 4) is 0 Å². The number of hydrogen-bond donors (Lipinski definition) is 2. The number of H-pyrrole nitrogens is 1. The predicted molar refractivity (Wildman–Crippen MR) is 58.9 cm³/mol. The van der Waals surface area contributed by atoms with E-state index in [4.69, 9.17) is 4.74 Å². The van der Waals surface area contributed by atoms with Gasteiger partial charge in [0.1, 0.15) is 12.1 Å². The number of rotatable bonds is 2. The topological polar surface area (TPSA) is 53.8 Å². The average molecular weight is 219 g/mol. The Bertz CT molecular complexity index is 508. The molecule has 0 bridgehead atoms. The lowest BCUT2D eigenvalue weighted by Gasteiger charge is -2.17. The lowest BCUT2D eigenvalue weighted by molar-refractivity contribution is -0.767. The van der Waals surface area contributed by atoms with E-state index in [1.807, 2.05) is 25.5 Å². The molecule has 1 aliphatic rings. The zero-order chi connectivity index (χ0) is 11.0. The summed E-state index contributed by atoms with van der Waals surface area (Å²) in [7, 11) is 1.94. The van der Waals surface area contributed by atoms with E-state index in [9.17, 15) is 0 Å². The standard InChI is InChI=1S/C11H14N4O/c1-12-7-10-11-8-2-3-13-6-9(8)14-15(11)4-5-16-10/h2-3,6,10,12H,4-5,7H2,1H3/p+1. The Morgan fingerprint density at radius 3 is 3.50 bits per heavy atom. The summed E-state index contributed by atoms with van der Waals surface area (Å²) >= 11 is 0. The second-order valence-electron chi connectivity index (χ2n) is 3.99. The van der Waals surface area contributed by atoms with Crippen LogP contribution in [0.3, 0.4) is 0 Å². The number of pyridine rings is 1. The summed E-state index contributed by atoms with van der Waals surface area (Å²) in [5, 5.41) is 7.72. The van der Waals surface area contributed by atoms with E-state index in [0.717, 1.165) is 25.2 Å². The minimum absolute atomic E-state index is 0.120. The van der Waals surface area contributed by atoms with E-state index < -0.39 is 0 Å². The first-order valence-electron chi connectivity index (χ1n) is 5.52. The van der Waals surface area contributed by atoms with Gasteiger partial charge in [0.2, 0.25) is 5.69 Å². The fourth-order valence-electron chi connectivity index (χ4n) is 2.29.